The van der Waals surface area contributed by atoms with Crippen molar-refractivity contribution in [3.63, 3.8) is 0 Å². The van der Waals surface area contributed by atoms with Crippen LogP contribution < -0.4 is 5.73 Å². The standard InChI is InChI=1S/C11H13N3OS2/c1-6-5-7(9(12)17-6)11-13-10(14-15-11)8-3-2-4-16-8/h5,8H,2-4,12H2,1H3. The quantitative estimate of drug-likeness (QED) is 0.904. The van der Waals surface area contributed by atoms with Gasteiger partial charge >= 0.3 is 0 Å². The lowest BCUT2D eigenvalue weighted by atomic mass is 10.2. The van der Waals surface area contributed by atoms with Gasteiger partial charge in [-0.2, -0.15) is 16.7 Å². The van der Waals surface area contributed by atoms with Gasteiger partial charge in [0, 0.05) is 4.88 Å². The van der Waals surface area contributed by atoms with E-state index in [-0.39, 0.29) is 0 Å². The molecule has 1 aliphatic heterocycles. The van der Waals surface area contributed by atoms with Gasteiger partial charge in [0.05, 0.1) is 15.8 Å². The van der Waals surface area contributed by atoms with Gasteiger partial charge in [0.15, 0.2) is 5.82 Å². The maximum Gasteiger partial charge on any atom is 0.260 e. The molecule has 2 aromatic heterocycles. The van der Waals surface area contributed by atoms with Crippen molar-refractivity contribution < 1.29 is 4.52 Å². The monoisotopic (exact) mass is 267 g/mol. The Bertz CT molecular complexity index is 529. The SMILES string of the molecule is Cc1cc(-c2nc(C3CCCS3)no2)c(N)s1. The van der Waals surface area contributed by atoms with Crippen LogP contribution in [-0.2, 0) is 0 Å². The van der Waals surface area contributed by atoms with Gasteiger partial charge in [-0.1, -0.05) is 5.16 Å². The third-order valence-corrected chi connectivity index (χ3v) is 5.03. The Hall–Kier alpha value is -1.01. The molecule has 3 heterocycles. The highest BCUT2D eigenvalue weighted by molar-refractivity contribution is 7.99. The van der Waals surface area contributed by atoms with E-state index in [0.29, 0.717) is 11.1 Å². The number of rotatable bonds is 2. The number of anilines is 1. The Balaban J connectivity index is 1.91. The molecule has 1 fully saturated rings. The van der Waals surface area contributed by atoms with E-state index in [0.717, 1.165) is 27.7 Å². The van der Waals surface area contributed by atoms with Crippen molar-refractivity contribution in [2.45, 2.75) is 25.0 Å². The van der Waals surface area contributed by atoms with Gasteiger partial charge in [0.1, 0.15) is 0 Å². The molecule has 90 valence electrons. The summed E-state index contributed by atoms with van der Waals surface area (Å²) in [5, 5.41) is 5.21. The van der Waals surface area contributed by atoms with E-state index in [1.807, 2.05) is 24.8 Å². The summed E-state index contributed by atoms with van der Waals surface area (Å²) in [5.41, 5.74) is 6.79. The molecular weight excluding hydrogens is 254 g/mol. The van der Waals surface area contributed by atoms with Gasteiger partial charge in [-0.25, -0.2) is 0 Å². The van der Waals surface area contributed by atoms with E-state index in [9.17, 15) is 0 Å². The molecule has 1 saturated heterocycles. The minimum Gasteiger partial charge on any atom is -0.390 e. The van der Waals surface area contributed by atoms with Gasteiger partial charge < -0.3 is 10.3 Å². The molecule has 1 aliphatic rings. The van der Waals surface area contributed by atoms with Crippen molar-refractivity contribution in [1.29, 1.82) is 0 Å². The summed E-state index contributed by atoms with van der Waals surface area (Å²) < 4.78 is 5.31. The minimum atomic E-state index is 0.397. The number of nitrogens with zero attached hydrogens (tertiary/aromatic N) is 2. The van der Waals surface area contributed by atoms with Crippen LogP contribution in [-0.4, -0.2) is 15.9 Å². The molecule has 2 aromatic rings. The van der Waals surface area contributed by atoms with Crippen molar-refractivity contribution in [3.8, 4) is 11.5 Å². The van der Waals surface area contributed by atoms with Crippen LogP contribution in [0.15, 0.2) is 10.6 Å². The average Bonchev–Trinajstić information content (AvgIpc) is 2.97. The highest BCUT2D eigenvalue weighted by Crippen LogP contribution is 2.40. The summed E-state index contributed by atoms with van der Waals surface area (Å²) >= 11 is 3.45. The third kappa shape index (κ3) is 2.07. The molecule has 0 radical (unpaired) electrons. The zero-order valence-electron chi connectivity index (χ0n) is 9.47. The average molecular weight is 267 g/mol. The molecular formula is C11H13N3OS2. The lowest BCUT2D eigenvalue weighted by Crippen LogP contribution is -1.91. The summed E-state index contributed by atoms with van der Waals surface area (Å²) in [4.78, 5) is 5.62. The highest BCUT2D eigenvalue weighted by atomic mass is 32.2. The second kappa shape index (κ2) is 4.34. The van der Waals surface area contributed by atoms with Gasteiger partial charge in [-0.15, -0.1) is 11.3 Å². The third-order valence-electron chi connectivity index (χ3n) is 2.77. The van der Waals surface area contributed by atoms with Gasteiger partial charge in [0.25, 0.3) is 5.89 Å². The molecule has 6 heteroatoms. The first kappa shape index (κ1) is 11.1. The van der Waals surface area contributed by atoms with E-state index in [1.54, 1.807) is 11.3 Å². The van der Waals surface area contributed by atoms with Crippen LogP contribution in [0.25, 0.3) is 11.5 Å². The Labute approximate surface area is 108 Å². The molecule has 1 atom stereocenters. The second-order valence-electron chi connectivity index (χ2n) is 4.09. The topological polar surface area (TPSA) is 64.9 Å². The molecule has 1 unspecified atom stereocenters. The van der Waals surface area contributed by atoms with Gasteiger partial charge in [-0.05, 0) is 31.6 Å². The molecule has 0 aromatic carbocycles. The molecule has 17 heavy (non-hydrogen) atoms. The first-order valence-corrected chi connectivity index (χ1v) is 7.42. The summed E-state index contributed by atoms with van der Waals surface area (Å²) in [5.74, 6) is 2.55. The number of nitrogen functional groups attached to an aromatic ring is 1. The normalized spacial score (nSPS) is 19.9. The fraction of sp³-hybridized carbons (Fsp3) is 0.455. The molecule has 3 rings (SSSR count). The van der Waals surface area contributed by atoms with Gasteiger partial charge in [0.2, 0.25) is 0 Å². The Kier molecular flexibility index (Phi) is 2.84. The van der Waals surface area contributed by atoms with Crippen molar-refractivity contribution in [3.05, 3.63) is 16.8 Å². The van der Waals surface area contributed by atoms with Crippen LogP contribution in [0.2, 0.25) is 0 Å². The van der Waals surface area contributed by atoms with Crippen molar-refractivity contribution in [1.82, 2.24) is 10.1 Å². The molecule has 4 nitrogen and oxygen atoms in total. The number of aromatic nitrogens is 2. The van der Waals surface area contributed by atoms with E-state index < -0.39 is 0 Å². The molecule has 0 amide bonds. The fourth-order valence-corrected chi connectivity index (χ4v) is 3.93. The molecule has 0 bridgehead atoms. The fourth-order valence-electron chi connectivity index (χ4n) is 1.96. The number of nitrogens with two attached hydrogens (primary N) is 1. The number of thioether (sulfide) groups is 1. The van der Waals surface area contributed by atoms with E-state index >= 15 is 0 Å². The summed E-state index contributed by atoms with van der Waals surface area (Å²) in [6.45, 7) is 2.02. The van der Waals surface area contributed by atoms with Crippen molar-refractivity contribution >= 4 is 28.1 Å². The smallest absolute Gasteiger partial charge is 0.260 e. The Morgan fingerprint density at radius 1 is 1.53 bits per heavy atom. The Morgan fingerprint density at radius 2 is 2.41 bits per heavy atom. The van der Waals surface area contributed by atoms with Crippen LogP contribution >= 0.6 is 23.1 Å². The van der Waals surface area contributed by atoms with Crippen LogP contribution in [0.4, 0.5) is 5.00 Å². The maximum absolute atomic E-state index is 5.92. The molecule has 0 aliphatic carbocycles. The summed E-state index contributed by atoms with van der Waals surface area (Å²) in [7, 11) is 0. The van der Waals surface area contributed by atoms with Crippen LogP contribution in [0.5, 0.6) is 0 Å². The van der Waals surface area contributed by atoms with Crippen LogP contribution in [0.1, 0.15) is 28.8 Å². The predicted octanol–water partition coefficient (Wildman–Crippen LogP) is 3.26. The zero-order chi connectivity index (χ0) is 11.8. The van der Waals surface area contributed by atoms with E-state index in [4.69, 9.17) is 10.3 Å². The number of hydrogen-bond donors (Lipinski definition) is 1. The number of thiophene rings is 1. The van der Waals surface area contributed by atoms with Crippen LogP contribution in [0, 0.1) is 6.92 Å². The number of hydrogen-bond acceptors (Lipinski definition) is 6. The first-order valence-electron chi connectivity index (χ1n) is 5.55. The first-order chi connectivity index (χ1) is 8.24. The van der Waals surface area contributed by atoms with Crippen LogP contribution in [0.3, 0.4) is 0 Å². The maximum atomic E-state index is 5.92. The Morgan fingerprint density at radius 3 is 3.06 bits per heavy atom. The second-order valence-corrected chi connectivity index (χ2v) is 6.69. The zero-order valence-corrected chi connectivity index (χ0v) is 11.1. The van der Waals surface area contributed by atoms with E-state index in [2.05, 4.69) is 10.1 Å². The molecule has 2 N–H and O–H groups in total. The lowest BCUT2D eigenvalue weighted by Gasteiger charge is -1.98. The molecule has 0 saturated carbocycles. The summed E-state index contributed by atoms with van der Waals surface area (Å²) in [6, 6.07) is 2.00. The van der Waals surface area contributed by atoms with Gasteiger partial charge in [-0.3, -0.25) is 0 Å². The minimum absolute atomic E-state index is 0.397. The summed E-state index contributed by atoms with van der Waals surface area (Å²) in [6.07, 6.45) is 2.38. The molecule has 0 spiro atoms. The van der Waals surface area contributed by atoms with Crippen molar-refractivity contribution in [2.75, 3.05) is 11.5 Å². The van der Waals surface area contributed by atoms with E-state index in [1.165, 1.54) is 12.2 Å². The largest absolute Gasteiger partial charge is 0.390 e. The van der Waals surface area contributed by atoms with Crippen molar-refractivity contribution in [2.24, 2.45) is 0 Å². The predicted molar refractivity (Wildman–Crippen MR) is 71.2 cm³/mol. The lowest BCUT2D eigenvalue weighted by molar-refractivity contribution is 0.422. The number of aryl methyl sites for hydroxylation is 1. The highest BCUT2D eigenvalue weighted by Gasteiger charge is 2.24.